The number of likely N-dealkylation sites (tertiary alicyclic amines) is 1. The summed E-state index contributed by atoms with van der Waals surface area (Å²) in [5.41, 5.74) is 0.107. The number of amides is 1. The third-order valence-corrected chi connectivity index (χ3v) is 3.21. The second-order valence-corrected chi connectivity index (χ2v) is 6.05. The minimum absolute atomic E-state index is 0.100. The van der Waals surface area contributed by atoms with Gasteiger partial charge < -0.3 is 14.7 Å². The van der Waals surface area contributed by atoms with Gasteiger partial charge in [-0.1, -0.05) is 5.21 Å². The van der Waals surface area contributed by atoms with Crippen molar-refractivity contribution in [2.45, 2.75) is 51.9 Å². The molecule has 1 aromatic heterocycles. The minimum Gasteiger partial charge on any atom is -0.444 e. The molecule has 1 aliphatic rings. The number of piperidine rings is 1. The molecule has 112 valence electrons. The lowest BCUT2D eigenvalue weighted by Crippen LogP contribution is -2.42. The summed E-state index contributed by atoms with van der Waals surface area (Å²) in [4.78, 5) is 13.7. The minimum atomic E-state index is -0.462. The predicted molar refractivity (Wildman–Crippen MR) is 72.0 cm³/mol. The summed E-state index contributed by atoms with van der Waals surface area (Å²) >= 11 is 0. The number of aromatic nitrogens is 3. The number of carbonyl (C=O) groups excluding carboxylic acids is 1. The molecule has 7 nitrogen and oxygen atoms in total. The molecule has 0 unspecified atom stereocenters. The first-order valence-corrected chi connectivity index (χ1v) is 6.88. The number of aliphatic hydroxyl groups is 1. The van der Waals surface area contributed by atoms with E-state index in [-0.39, 0.29) is 18.7 Å². The van der Waals surface area contributed by atoms with Gasteiger partial charge in [-0.3, -0.25) is 0 Å². The van der Waals surface area contributed by atoms with Gasteiger partial charge in [-0.05, 0) is 33.6 Å². The fourth-order valence-electron chi connectivity index (χ4n) is 2.20. The highest BCUT2D eigenvalue weighted by molar-refractivity contribution is 5.68. The number of hydrogen-bond donors (Lipinski definition) is 1. The van der Waals surface area contributed by atoms with Crippen LogP contribution in [0.2, 0.25) is 0 Å². The predicted octanol–water partition coefficient (Wildman–Crippen LogP) is 1.34. The van der Waals surface area contributed by atoms with Gasteiger partial charge in [-0.15, -0.1) is 5.10 Å². The van der Waals surface area contributed by atoms with Gasteiger partial charge in [-0.2, -0.15) is 0 Å². The van der Waals surface area contributed by atoms with Crippen molar-refractivity contribution in [2.24, 2.45) is 0 Å². The maximum Gasteiger partial charge on any atom is 0.410 e. The number of ether oxygens (including phenoxy) is 1. The first-order chi connectivity index (χ1) is 9.39. The number of nitrogens with zero attached hydrogens (tertiary/aromatic N) is 4. The summed E-state index contributed by atoms with van der Waals surface area (Å²) < 4.78 is 7.13. The summed E-state index contributed by atoms with van der Waals surface area (Å²) in [6.07, 6.45) is 3.12. The number of rotatable bonds is 2. The van der Waals surface area contributed by atoms with Crippen molar-refractivity contribution in [3.8, 4) is 0 Å². The van der Waals surface area contributed by atoms with Crippen molar-refractivity contribution in [3.63, 3.8) is 0 Å². The third-order valence-electron chi connectivity index (χ3n) is 3.21. The van der Waals surface area contributed by atoms with E-state index in [1.54, 1.807) is 15.8 Å². The fraction of sp³-hybridized carbons (Fsp3) is 0.769. The topological polar surface area (TPSA) is 80.5 Å². The van der Waals surface area contributed by atoms with Crippen molar-refractivity contribution in [2.75, 3.05) is 13.1 Å². The van der Waals surface area contributed by atoms with Crippen LogP contribution < -0.4 is 0 Å². The van der Waals surface area contributed by atoms with Crippen LogP contribution >= 0.6 is 0 Å². The molecule has 1 amide bonds. The van der Waals surface area contributed by atoms with Gasteiger partial charge in [0.05, 0.1) is 18.8 Å². The highest BCUT2D eigenvalue weighted by atomic mass is 16.6. The summed E-state index contributed by atoms with van der Waals surface area (Å²) in [7, 11) is 0. The van der Waals surface area contributed by atoms with Crippen molar-refractivity contribution in [1.29, 1.82) is 0 Å². The van der Waals surface area contributed by atoms with Crippen LogP contribution in [-0.2, 0) is 11.3 Å². The lowest BCUT2D eigenvalue weighted by molar-refractivity contribution is 0.0184. The Morgan fingerprint density at radius 1 is 1.45 bits per heavy atom. The van der Waals surface area contributed by atoms with E-state index < -0.39 is 5.60 Å². The average Bonchev–Trinajstić information content (AvgIpc) is 2.85. The zero-order chi connectivity index (χ0) is 14.8. The quantitative estimate of drug-likeness (QED) is 0.885. The molecule has 0 radical (unpaired) electrons. The highest BCUT2D eigenvalue weighted by Gasteiger charge is 2.27. The smallest absolute Gasteiger partial charge is 0.410 e. The number of aliphatic hydroxyl groups excluding tert-OH is 1. The average molecular weight is 282 g/mol. The van der Waals surface area contributed by atoms with Crippen LogP contribution in [0.5, 0.6) is 0 Å². The third kappa shape index (κ3) is 3.69. The fourth-order valence-corrected chi connectivity index (χ4v) is 2.20. The molecule has 1 aliphatic heterocycles. The molecule has 0 bridgehead atoms. The molecule has 2 heterocycles. The van der Waals surface area contributed by atoms with Crippen LogP contribution in [0.25, 0.3) is 0 Å². The van der Waals surface area contributed by atoms with Gasteiger partial charge in [-0.25, -0.2) is 9.48 Å². The molecule has 0 saturated carbocycles. The van der Waals surface area contributed by atoms with E-state index in [4.69, 9.17) is 9.84 Å². The Morgan fingerprint density at radius 3 is 2.60 bits per heavy atom. The Labute approximate surface area is 118 Å². The molecule has 1 N–H and O–H groups in total. The van der Waals surface area contributed by atoms with Gasteiger partial charge in [0.2, 0.25) is 0 Å². The van der Waals surface area contributed by atoms with E-state index in [0.717, 1.165) is 12.8 Å². The van der Waals surface area contributed by atoms with E-state index >= 15 is 0 Å². The van der Waals surface area contributed by atoms with Gasteiger partial charge in [0, 0.05) is 13.1 Å². The van der Waals surface area contributed by atoms with Crippen LogP contribution in [-0.4, -0.2) is 49.8 Å². The van der Waals surface area contributed by atoms with Crippen molar-refractivity contribution in [1.82, 2.24) is 19.9 Å². The van der Waals surface area contributed by atoms with E-state index in [0.29, 0.717) is 18.8 Å². The van der Waals surface area contributed by atoms with Crippen molar-refractivity contribution in [3.05, 3.63) is 11.9 Å². The van der Waals surface area contributed by atoms with Crippen LogP contribution in [0.3, 0.4) is 0 Å². The van der Waals surface area contributed by atoms with E-state index in [1.165, 1.54) is 0 Å². The Kier molecular flexibility index (Phi) is 4.27. The lowest BCUT2D eigenvalue weighted by Gasteiger charge is -2.33. The molecule has 20 heavy (non-hydrogen) atoms. The van der Waals surface area contributed by atoms with Gasteiger partial charge in [0.1, 0.15) is 11.3 Å². The van der Waals surface area contributed by atoms with E-state index in [1.807, 2.05) is 20.8 Å². The number of carbonyl (C=O) groups is 1. The van der Waals surface area contributed by atoms with Crippen LogP contribution in [0.4, 0.5) is 4.79 Å². The second-order valence-electron chi connectivity index (χ2n) is 6.05. The van der Waals surface area contributed by atoms with Crippen molar-refractivity contribution >= 4 is 6.09 Å². The summed E-state index contributed by atoms with van der Waals surface area (Å²) in [5, 5.41) is 16.9. The van der Waals surface area contributed by atoms with Crippen LogP contribution in [0.1, 0.15) is 45.3 Å². The molecule has 0 aliphatic carbocycles. The van der Waals surface area contributed by atoms with Gasteiger partial charge in [0.15, 0.2) is 0 Å². The Balaban J connectivity index is 1.87. The summed E-state index contributed by atoms with van der Waals surface area (Å²) in [6.45, 7) is 6.79. The molecule has 1 fully saturated rings. The van der Waals surface area contributed by atoms with Gasteiger partial charge >= 0.3 is 6.09 Å². The Bertz CT molecular complexity index is 458. The molecule has 1 aromatic rings. The molecule has 2 rings (SSSR count). The normalized spacial score (nSPS) is 17.3. The zero-order valence-electron chi connectivity index (χ0n) is 12.2. The first-order valence-electron chi connectivity index (χ1n) is 6.88. The molecule has 1 saturated heterocycles. The monoisotopic (exact) mass is 282 g/mol. The van der Waals surface area contributed by atoms with Crippen molar-refractivity contribution < 1.29 is 14.6 Å². The maximum absolute atomic E-state index is 11.9. The molecule has 0 atom stereocenters. The summed E-state index contributed by atoms with van der Waals surface area (Å²) in [6, 6.07) is 0.224. The molecule has 7 heteroatoms. The molecule has 0 aromatic carbocycles. The Morgan fingerprint density at radius 2 is 2.10 bits per heavy atom. The first kappa shape index (κ1) is 14.8. The lowest BCUT2D eigenvalue weighted by atomic mass is 10.1. The van der Waals surface area contributed by atoms with E-state index in [9.17, 15) is 4.79 Å². The van der Waals surface area contributed by atoms with Gasteiger partial charge in [0.25, 0.3) is 0 Å². The van der Waals surface area contributed by atoms with Crippen LogP contribution in [0.15, 0.2) is 6.20 Å². The molecule has 0 spiro atoms. The molecular weight excluding hydrogens is 260 g/mol. The Hall–Kier alpha value is -1.63. The van der Waals surface area contributed by atoms with Crippen LogP contribution in [0, 0.1) is 0 Å². The highest BCUT2D eigenvalue weighted by Crippen LogP contribution is 2.23. The number of hydrogen-bond acceptors (Lipinski definition) is 5. The maximum atomic E-state index is 11.9. The second kappa shape index (κ2) is 5.78. The summed E-state index contributed by atoms with van der Waals surface area (Å²) in [5.74, 6) is 0. The zero-order valence-corrected chi connectivity index (χ0v) is 12.2. The largest absolute Gasteiger partial charge is 0.444 e. The molecular formula is C13H22N4O3. The standard InChI is InChI=1S/C13H22N4O3/c1-13(2,3)20-12(19)16-6-4-11(5-7-16)17-8-10(9-18)14-15-17/h8,11,18H,4-7,9H2,1-3H3. The SMILES string of the molecule is CC(C)(C)OC(=O)N1CCC(n2cc(CO)nn2)CC1. The van der Waals surface area contributed by atoms with E-state index in [2.05, 4.69) is 10.3 Å².